The molecule has 156 valence electrons. The number of rotatable bonds is 8. The van der Waals surface area contributed by atoms with Crippen LogP contribution in [-0.4, -0.2) is 19.4 Å². The second kappa shape index (κ2) is 10.4. The lowest BCUT2D eigenvalue weighted by atomic mass is 10.1. The lowest BCUT2D eigenvalue weighted by Crippen LogP contribution is -2.33. The van der Waals surface area contributed by atoms with E-state index in [1.54, 1.807) is 12.1 Å². The van der Waals surface area contributed by atoms with Crippen molar-refractivity contribution in [2.24, 2.45) is 0 Å². The van der Waals surface area contributed by atoms with Crippen LogP contribution in [0.3, 0.4) is 0 Å². The molecule has 0 saturated carbocycles. The van der Waals surface area contributed by atoms with Gasteiger partial charge in [0.1, 0.15) is 0 Å². The SMILES string of the molecule is CCCCCC(=O)NC(=S)Nc1ccc(S(=O)(=O)Nc2c(C)cccc2C)cc1. The third-order valence-electron chi connectivity index (χ3n) is 4.40. The Hall–Kier alpha value is -2.45. The molecule has 0 bridgehead atoms. The fourth-order valence-electron chi connectivity index (χ4n) is 2.77. The topological polar surface area (TPSA) is 87.3 Å². The van der Waals surface area contributed by atoms with Crippen LogP contribution >= 0.6 is 12.2 Å². The second-order valence-corrected chi connectivity index (χ2v) is 8.95. The molecule has 2 aromatic rings. The highest BCUT2D eigenvalue weighted by Crippen LogP contribution is 2.24. The number of carbonyl (C=O) groups excluding carboxylic acids is 1. The number of aryl methyl sites for hydroxylation is 2. The lowest BCUT2D eigenvalue weighted by molar-refractivity contribution is -0.119. The average Bonchev–Trinajstić information content (AvgIpc) is 2.65. The summed E-state index contributed by atoms with van der Waals surface area (Å²) in [6.45, 7) is 5.79. The van der Waals surface area contributed by atoms with E-state index < -0.39 is 10.0 Å². The molecule has 0 aliphatic rings. The van der Waals surface area contributed by atoms with E-state index in [0.29, 0.717) is 17.8 Å². The van der Waals surface area contributed by atoms with E-state index in [0.717, 1.165) is 30.4 Å². The number of nitrogens with one attached hydrogen (secondary N) is 3. The average molecular weight is 434 g/mol. The highest BCUT2D eigenvalue weighted by molar-refractivity contribution is 7.92. The minimum absolute atomic E-state index is 0.132. The van der Waals surface area contributed by atoms with Gasteiger partial charge in [-0.05, 0) is 67.9 Å². The molecule has 1 amide bonds. The molecule has 0 unspecified atom stereocenters. The van der Waals surface area contributed by atoms with Crippen LogP contribution in [0.1, 0.15) is 43.7 Å². The van der Waals surface area contributed by atoms with Crippen molar-refractivity contribution in [1.82, 2.24) is 5.32 Å². The first-order valence-corrected chi connectivity index (χ1v) is 11.4. The molecule has 29 heavy (non-hydrogen) atoms. The van der Waals surface area contributed by atoms with Gasteiger partial charge in [-0.1, -0.05) is 38.0 Å². The van der Waals surface area contributed by atoms with Crippen molar-refractivity contribution in [2.45, 2.75) is 51.3 Å². The third-order valence-corrected chi connectivity index (χ3v) is 5.97. The van der Waals surface area contributed by atoms with Crippen molar-refractivity contribution in [2.75, 3.05) is 10.0 Å². The first kappa shape index (κ1) is 22.8. The Morgan fingerprint density at radius 2 is 1.62 bits per heavy atom. The summed E-state index contributed by atoms with van der Waals surface area (Å²) in [5.41, 5.74) is 2.88. The largest absolute Gasteiger partial charge is 0.332 e. The van der Waals surface area contributed by atoms with Gasteiger partial charge in [-0.2, -0.15) is 0 Å². The van der Waals surface area contributed by atoms with E-state index in [-0.39, 0.29) is 15.9 Å². The van der Waals surface area contributed by atoms with Gasteiger partial charge in [0.05, 0.1) is 10.6 Å². The zero-order valence-corrected chi connectivity index (χ0v) is 18.5. The summed E-state index contributed by atoms with van der Waals surface area (Å²) < 4.78 is 28.0. The maximum Gasteiger partial charge on any atom is 0.261 e. The second-order valence-electron chi connectivity index (χ2n) is 6.86. The first-order chi connectivity index (χ1) is 13.7. The van der Waals surface area contributed by atoms with Crippen LogP contribution in [0.4, 0.5) is 11.4 Å². The number of para-hydroxylation sites is 1. The highest BCUT2D eigenvalue weighted by atomic mass is 32.2. The highest BCUT2D eigenvalue weighted by Gasteiger charge is 2.16. The predicted octanol–water partition coefficient (Wildman–Crippen LogP) is 4.50. The van der Waals surface area contributed by atoms with Gasteiger partial charge in [0.25, 0.3) is 10.0 Å². The number of amides is 1. The summed E-state index contributed by atoms with van der Waals surface area (Å²) in [7, 11) is -3.72. The van der Waals surface area contributed by atoms with Crippen LogP contribution in [0.2, 0.25) is 0 Å². The van der Waals surface area contributed by atoms with Gasteiger partial charge in [-0.15, -0.1) is 0 Å². The molecule has 0 aromatic heterocycles. The fourth-order valence-corrected chi connectivity index (χ4v) is 4.21. The van der Waals surface area contributed by atoms with Gasteiger partial charge in [0, 0.05) is 12.1 Å². The molecule has 3 N–H and O–H groups in total. The molecule has 8 heteroatoms. The minimum Gasteiger partial charge on any atom is -0.332 e. The molecule has 6 nitrogen and oxygen atoms in total. The number of benzene rings is 2. The Morgan fingerprint density at radius 1 is 1.00 bits per heavy atom. The van der Waals surface area contributed by atoms with Gasteiger partial charge in [-0.25, -0.2) is 8.42 Å². The molecule has 2 aromatic carbocycles. The van der Waals surface area contributed by atoms with Crippen LogP contribution in [0.5, 0.6) is 0 Å². The maximum atomic E-state index is 12.7. The van der Waals surface area contributed by atoms with E-state index in [2.05, 4.69) is 22.3 Å². The van der Waals surface area contributed by atoms with Gasteiger partial charge < -0.3 is 10.6 Å². The third kappa shape index (κ3) is 6.83. The molecule has 0 atom stereocenters. The number of unbranched alkanes of at least 4 members (excludes halogenated alkanes) is 2. The van der Waals surface area contributed by atoms with Crippen molar-refractivity contribution in [3.8, 4) is 0 Å². The summed E-state index contributed by atoms with van der Waals surface area (Å²) in [5.74, 6) is -0.132. The van der Waals surface area contributed by atoms with Crippen LogP contribution < -0.4 is 15.4 Å². The van der Waals surface area contributed by atoms with E-state index >= 15 is 0 Å². The van der Waals surface area contributed by atoms with Crippen molar-refractivity contribution in [1.29, 1.82) is 0 Å². The molecule has 0 saturated heterocycles. The first-order valence-electron chi connectivity index (χ1n) is 9.53. The van der Waals surface area contributed by atoms with E-state index in [1.807, 2.05) is 32.0 Å². The normalized spacial score (nSPS) is 11.0. The Balaban J connectivity index is 2.00. The smallest absolute Gasteiger partial charge is 0.261 e. The standard InChI is InChI=1S/C21H27N3O3S2/c1-4-5-6-10-19(25)23-21(28)22-17-11-13-18(14-12-17)29(26,27)24-20-15(2)8-7-9-16(20)3/h7-9,11-14,24H,4-6,10H2,1-3H3,(H2,22,23,25,28). The molecule has 0 aliphatic heterocycles. The van der Waals surface area contributed by atoms with E-state index in [4.69, 9.17) is 12.2 Å². The molecule has 0 heterocycles. The molecule has 0 aliphatic carbocycles. The summed E-state index contributed by atoms with van der Waals surface area (Å²) in [5, 5.41) is 5.71. The molecule has 0 radical (unpaired) electrons. The monoisotopic (exact) mass is 433 g/mol. The summed E-state index contributed by atoms with van der Waals surface area (Å²) in [6, 6.07) is 11.8. The number of anilines is 2. The van der Waals surface area contributed by atoms with Crippen LogP contribution in [-0.2, 0) is 14.8 Å². The zero-order chi connectivity index (χ0) is 21.4. The van der Waals surface area contributed by atoms with E-state index in [9.17, 15) is 13.2 Å². The Bertz CT molecular complexity index is 951. The number of thiocarbonyl (C=S) groups is 1. The van der Waals surface area contributed by atoms with Crippen molar-refractivity contribution < 1.29 is 13.2 Å². The zero-order valence-electron chi connectivity index (χ0n) is 16.9. The molecule has 0 fully saturated rings. The summed E-state index contributed by atoms with van der Waals surface area (Å²) >= 11 is 5.14. The summed E-state index contributed by atoms with van der Waals surface area (Å²) in [4.78, 5) is 11.9. The predicted molar refractivity (Wildman–Crippen MR) is 122 cm³/mol. The number of sulfonamides is 1. The van der Waals surface area contributed by atoms with Crippen molar-refractivity contribution in [3.63, 3.8) is 0 Å². The number of hydrogen-bond acceptors (Lipinski definition) is 4. The Kier molecular flexibility index (Phi) is 8.16. The molecule has 0 spiro atoms. The molecular weight excluding hydrogens is 406 g/mol. The lowest BCUT2D eigenvalue weighted by Gasteiger charge is -2.14. The minimum atomic E-state index is -3.72. The molecular formula is C21H27N3O3S2. The Labute approximate surface area is 178 Å². The Morgan fingerprint density at radius 3 is 2.21 bits per heavy atom. The van der Waals surface area contributed by atoms with Gasteiger partial charge >= 0.3 is 0 Å². The van der Waals surface area contributed by atoms with Gasteiger partial charge in [-0.3, -0.25) is 9.52 Å². The maximum absolute atomic E-state index is 12.7. The number of carbonyl (C=O) groups is 1. The van der Waals surface area contributed by atoms with Crippen LogP contribution in [0.15, 0.2) is 47.4 Å². The van der Waals surface area contributed by atoms with Gasteiger partial charge in [0.15, 0.2) is 5.11 Å². The van der Waals surface area contributed by atoms with E-state index in [1.165, 1.54) is 12.1 Å². The summed E-state index contributed by atoms with van der Waals surface area (Å²) in [6.07, 6.45) is 3.30. The van der Waals surface area contributed by atoms with Crippen molar-refractivity contribution >= 4 is 44.6 Å². The fraction of sp³-hybridized carbons (Fsp3) is 0.333. The quantitative estimate of drug-likeness (QED) is 0.421. The van der Waals surface area contributed by atoms with Crippen LogP contribution in [0.25, 0.3) is 0 Å². The molecule has 2 rings (SSSR count). The van der Waals surface area contributed by atoms with Gasteiger partial charge in [0.2, 0.25) is 5.91 Å². The number of hydrogen-bond donors (Lipinski definition) is 3. The van der Waals surface area contributed by atoms with Crippen LogP contribution in [0, 0.1) is 13.8 Å². The van der Waals surface area contributed by atoms with Crippen molar-refractivity contribution in [3.05, 3.63) is 53.6 Å².